The van der Waals surface area contributed by atoms with Crippen LogP contribution in [0.1, 0.15) is 43.8 Å². The second-order valence-electron chi connectivity index (χ2n) is 7.39. The summed E-state index contributed by atoms with van der Waals surface area (Å²) in [7, 11) is 0. The summed E-state index contributed by atoms with van der Waals surface area (Å²) >= 11 is 1.05. The maximum absolute atomic E-state index is 14.6. The van der Waals surface area contributed by atoms with Crippen LogP contribution in [0, 0.1) is 19.7 Å². The van der Waals surface area contributed by atoms with Crippen LogP contribution < -0.4 is 10.1 Å². The van der Waals surface area contributed by atoms with Gasteiger partial charge in [0, 0.05) is 23.1 Å². The fourth-order valence-corrected chi connectivity index (χ4v) is 4.16. The zero-order chi connectivity index (χ0) is 21.4. The minimum Gasteiger partial charge on any atom is -0.487 e. The molecular weight excluding hydrogens is 405 g/mol. The number of Topliss-reactive ketones (excluding diaryl/α,β-unsaturated/α-hetero) is 1. The van der Waals surface area contributed by atoms with E-state index in [1.807, 2.05) is 19.1 Å². The standard InChI is InChI=1S/C22H20FN3O3S/c1-11-6-15-8-16(10-24-22(28)21-12(2)25-26-30-21)29-20(15)18(7-11)17-9-14(13(3)27)4-5-19(17)23/h4-7,9,16H,8,10H2,1-3H3,(H,24,28)/t16-/m0/s1. The first kappa shape index (κ1) is 20.2. The van der Waals surface area contributed by atoms with Crippen molar-refractivity contribution in [3.63, 3.8) is 0 Å². The average molecular weight is 425 g/mol. The van der Waals surface area contributed by atoms with Gasteiger partial charge in [-0.15, -0.1) is 5.10 Å². The Bertz CT molecular complexity index is 1160. The predicted octanol–water partition coefficient (Wildman–Crippen LogP) is 3.90. The third-order valence-corrected chi connectivity index (χ3v) is 5.88. The first-order chi connectivity index (χ1) is 14.3. The topological polar surface area (TPSA) is 81.2 Å². The van der Waals surface area contributed by atoms with Gasteiger partial charge >= 0.3 is 0 Å². The number of fused-ring (bicyclic) bond motifs is 1. The number of ether oxygens (including phenoxy) is 1. The first-order valence-corrected chi connectivity index (χ1v) is 10.3. The van der Waals surface area contributed by atoms with Crippen LogP contribution in [0.2, 0.25) is 0 Å². The van der Waals surface area contributed by atoms with Crippen LogP contribution in [0.25, 0.3) is 11.1 Å². The predicted molar refractivity (Wildman–Crippen MR) is 112 cm³/mol. The molecule has 0 unspecified atom stereocenters. The summed E-state index contributed by atoms with van der Waals surface area (Å²) in [6.45, 7) is 5.43. The third-order valence-electron chi connectivity index (χ3n) is 5.05. The molecular formula is C22H20FN3O3S. The maximum Gasteiger partial charge on any atom is 0.265 e. The summed E-state index contributed by atoms with van der Waals surface area (Å²) < 4.78 is 24.5. The highest BCUT2D eigenvalue weighted by molar-refractivity contribution is 7.08. The number of aryl methyl sites for hydroxylation is 2. The second-order valence-corrected chi connectivity index (χ2v) is 8.15. The van der Waals surface area contributed by atoms with Gasteiger partial charge in [0.15, 0.2) is 5.78 Å². The van der Waals surface area contributed by atoms with Gasteiger partial charge in [0.1, 0.15) is 22.5 Å². The van der Waals surface area contributed by atoms with Crippen molar-refractivity contribution in [2.45, 2.75) is 33.3 Å². The van der Waals surface area contributed by atoms with Crippen LogP contribution in [-0.2, 0) is 6.42 Å². The van der Waals surface area contributed by atoms with E-state index in [9.17, 15) is 14.0 Å². The summed E-state index contributed by atoms with van der Waals surface area (Å²) in [6, 6.07) is 8.20. The van der Waals surface area contributed by atoms with Gasteiger partial charge in [0.2, 0.25) is 0 Å². The third kappa shape index (κ3) is 3.82. The Morgan fingerprint density at radius 2 is 2.03 bits per heavy atom. The van der Waals surface area contributed by atoms with E-state index in [0.29, 0.717) is 46.0 Å². The summed E-state index contributed by atoms with van der Waals surface area (Å²) in [6.07, 6.45) is 0.322. The van der Waals surface area contributed by atoms with Crippen LogP contribution >= 0.6 is 11.5 Å². The number of nitrogens with zero attached hydrogens (tertiary/aromatic N) is 2. The Morgan fingerprint density at radius 1 is 1.23 bits per heavy atom. The molecule has 1 aliphatic heterocycles. The van der Waals surface area contributed by atoms with Crippen LogP contribution in [0.5, 0.6) is 5.75 Å². The monoisotopic (exact) mass is 425 g/mol. The molecule has 0 spiro atoms. The van der Waals surface area contributed by atoms with Crippen molar-refractivity contribution in [1.82, 2.24) is 14.9 Å². The largest absolute Gasteiger partial charge is 0.487 e. The Labute approximate surface area is 177 Å². The number of carbonyl (C=O) groups excluding carboxylic acids is 2. The van der Waals surface area contributed by atoms with Gasteiger partial charge in [-0.3, -0.25) is 9.59 Å². The number of carbonyl (C=O) groups is 2. The van der Waals surface area contributed by atoms with Gasteiger partial charge in [0.05, 0.1) is 12.2 Å². The van der Waals surface area contributed by atoms with E-state index in [-0.39, 0.29) is 17.8 Å². The van der Waals surface area contributed by atoms with Crippen molar-refractivity contribution in [2.75, 3.05) is 6.54 Å². The molecule has 1 atom stereocenters. The lowest BCUT2D eigenvalue weighted by atomic mass is 9.95. The van der Waals surface area contributed by atoms with Gasteiger partial charge in [-0.05, 0) is 67.7 Å². The van der Waals surface area contributed by atoms with E-state index >= 15 is 0 Å². The lowest BCUT2D eigenvalue weighted by Crippen LogP contribution is -2.34. The molecule has 2 aromatic carbocycles. The molecule has 2 heterocycles. The van der Waals surface area contributed by atoms with E-state index in [1.165, 1.54) is 19.1 Å². The molecule has 1 N–H and O–H groups in total. The van der Waals surface area contributed by atoms with Crippen LogP contribution in [0.4, 0.5) is 4.39 Å². The normalized spacial score (nSPS) is 14.9. The van der Waals surface area contributed by atoms with Crippen molar-refractivity contribution in [3.05, 3.63) is 63.4 Å². The van der Waals surface area contributed by atoms with Gasteiger partial charge in [0.25, 0.3) is 5.91 Å². The van der Waals surface area contributed by atoms with E-state index in [1.54, 1.807) is 13.0 Å². The van der Waals surface area contributed by atoms with Gasteiger partial charge in [-0.1, -0.05) is 10.6 Å². The second kappa shape index (κ2) is 7.95. The van der Waals surface area contributed by atoms with E-state index in [0.717, 1.165) is 22.7 Å². The van der Waals surface area contributed by atoms with Gasteiger partial charge in [-0.25, -0.2) is 4.39 Å². The fraction of sp³-hybridized carbons (Fsp3) is 0.273. The maximum atomic E-state index is 14.6. The molecule has 0 fully saturated rings. The van der Waals surface area contributed by atoms with Crippen LogP contribution in [0.3, 0.4) is 0 Å². The van der Waals surface area contributed by atoms with Gasteiger partial charge in [-0.2, -0.15) is 0 Å². The van der Waals surface area contributed by atoms with E-state index in [2.05, 4.69) is 14.9 Å². The summed E-state index contributed by atoms with van der Waals surface area (Å²) in [5.41, 5.74) is 3.90. The highest BCUT2D eigenvalue weighted by atomic mass is 32.1. The first-order valence-electron chi connectivity index (χ1n) is 9.51. The lowest BCUT2D eigenvalue weighted by Gasteiger charge is -2.14. The number of benzene rings is 2. The summed E-state index contributed by atoms with van der Waals surface area (Å²) in [4.78, 5) is 24.6. The molecule has 1 amide bonds. The summed E-state index contributed by atoms with van der Waals surface area (Å²) in [5, 5.41) is 6.71. The molecule has 154 valence electrons. The van der Waals surface area contributed by atoms with Crippen molar-refractivity contribution in [1.29, 1.82) is 0 Å². The molecule has 8 heteroatoms. The molecule has 4 rings (SSSR count). The highest BCUT2D eigenvalue weighted by Crippen LogP contribution is 2.41. The Balaban J connectivity index is 1.58. The number of ketones is 1. The smallest absolute Gasteiger partial charge is 0.265 e. The highest BCUT2D eigenvalue weighted by Gasteiger charge is 2.28. The van der Waals surface area contributed by atoms with E-state index < -0.39 is 5.82 Å². The number of amides is 1. The van der Waals surface area contributed by atoms with Gasteiger partial charge < -0.3 is 10.1 Å². The molecule has 6 nitrogen and oxygen atoms in total. The van der Waals surface area contributed by atoms with Crippen LogP contribution in [-0.4, -0.2) is 33.9 Å². The number of aromatic nitrogens is 2. The minimum atomic E-state index is -0.415. The Hall–Kier alpha value is -3.13. The van der Waals surface area contributed by atoms with Crippen molar-refractivity contribution < 1.29 is 18.7 Å². The number of halogens is 1. The summed E-state index contributed by atoms with van der Waals surface area (Å²) in [5.74, 6) is -0.190. The number of rotatable bonds is 5. The molecule has 30 heavy (non-hydrogen) atoms. The minimum absolute atomic E-state index is 0.130. The molecule has 1 aliphatic rings. The molecule has 0 aliphatic carbocycles. The number of hydrogen-bond acceptors (Lipinski definition) is 6. The lowest BCUT2D eigenvalue weighted by molar-refractivity contribution is 0.0936. The SMILES string of the molecule is CC(=O)c1ccc(F)c(-c2cc(C)cc3c2O[C@H](CNC(=O)c2snnc2C)C3)c1. The Morgan fingerprint density at radius 3 is 2.73 bits per heavy atom. The quantitative estimate of drug-likeness (QED) is 0.627. The molecule has 0 saturated carbocycles. The number of nitrogens with one attached hydrogen (secondary N) is 1. The molecule has 0 bridgehead atoms. The van der Waals surface area contributed by atoms with E-state index in [4.69, 9.17) is 4.74 Å². The zero-order valence-electron chi connectivity index (χ0n) is 16.8. The fourth-order valence-electron chi connectivity index (χ4n) is 3.58. The van der Waals surface area contributed by atoms with Crippen LogP contribution in [0.15, 0.2) is 30.3 Å². The molecule has 1 aromatic heterocycles. The van der Waals surface area contributed by atoms with Crippen molar-refractivity contribution >= 4 is 23.2 Å². The Kier molecular flexibility index (Phi) is 5.34. The molecule has 0 radical (unpaired) electrons. The molecule has 3 aromatic rings. The number of hydrogen-bond donors (Lipinski definition) is 1. The van der Waals surface area contributed by atoms with Crippen molar-refractivity contribution in [3.8, 4) is 16.9 Å². The zero-order valence-corrected chi connectivity index (χ0v) is 17.6. The average Bonchev–Trinajstić information content (AvgIpc) is 3.31. The van der Waals surface area contributed by atoms with Crippen molar-refractivity contribution in [2.24, 2.45) is 0 Å². The molecule has 0 saturated heterocycles.